The largest absolute Gasteiger partial charge is 0.396 e. The van der Waals surface area contributed by atoms with Gasteiger partial charge >= 0.3 is 0 Å². The fourth-order valence-corrected chi connectivity index (χ4v) is 3.80. The van der Waals surface area contributed by atoms with Gasteiger partial charge in [-0.2, -0.15) is 0 Å². The predicted molar refractivity (Wildman–Crippen MR) is 76.6 cm³/mol. The van der Waals surface area contributed by atoms with E-state index in [4.69, 9.17) is 5.11 Å². The van der Waals surface area contributed by atoms with Crippen molar-refractivity contribution in [3.63, 3.8) is 0 Å². The number of hydrogen-bond acceptors (Lipinski definition) is 2. The molecule has 0 atom stereocenters. The first-order valence-corrected chi connectivity index (χ1v) is 8.06. The van der Waals surface area contributed by atoms with Crippen molar-refractivity contribution in [2.75, 3.05) is 6.61 Å². The van der Waals surface area contributed by atoms with E-state index in [9.17, 15) is 0 Å². The molecule has 2 aliphatic rings. The summed E-state index contributed by atoms with van der Waals surface area (Å²) in [4.78, 5) is 0. The Balaban J connectivity index is 1.66. The lowest BCUT2D eigenvalue weighted by Crippen LogP contribution is -2.42. The van der Waals surface area contributed by atoms with Crippen LogP contribution in [0.5, 0.6) is 0 Å². The zero-order chi connectivity index (χ0) is 13.0. The van der Waals surface area contributed by atoms with Crippen LogP contribution in [-0.2, 0) is 0 Å². The smallest absolute Gasteiger partial charge is 0.0459 e. The second-order valence-corrected chi connectivity index (χ2v) is 6.92. The highest BCUT2D eigenvalue weighted by atomic mass is 16.3. The molecule has 0 bridgehead atoms. The molecule has 106 valence electrons. The zero-order valence-corrected chi connectivity index (χ0v) is 12.2. The van der Waals surface area contributed by atoms with Crippen molar-refractivity contribution < 1.29 is 5.11 Å². The highest BCUT2D eigenvalue weighted by Gasteiger charge is 2.26. The van der Waals surface area contributed by atoms with Crippen molar-refractivity contribution in [3.8, 4) is 0 Å². The van der Waals surface area contributed by atoms with E-state index < -0.39 is 0 Å². The molecule has 0 aromatic carbocycles. The molecule has 0 aromatic heterocycles. The highest BCUT2D eigenvalue weighted by molar-refractivity contribution is 4.84. The fourth-order valence-electron chi connectivity index (χ4n) is 3.80. The van der Waals surface area contributed by atoms with Gasteiger partial charge in [0.15, 0.2) is 0 Å². The molecule has 2 aliphatic carbocycles. The minimum atomic E-state index is 0.395. The molecule has 2 fully saturated rings. The molecule has 2 N–H and O–H groups in total. The van der Waals surface area contributed by atoms with Gasteiger partial charge in [-0.25, -0.2) is 0 Å². The van der Waals surface area contributed by atoms with Crippen LogP contribution < -0.4 is 5.32 Å². The van der Waals surface area contributed by atoms with Crippen molar-refractivity contribution in [3.05, 3.63) is 0 Å². The summed E-state index contributed by atoms with van der Waals surface area (Å²) in [5.74, 6) is 2.42. The van der Waals surface area contributed by atoms with E-state index in [1.54, 1.807) is 0 Å². The van der Waals surface area contributed by atoms with Gasteiger partial charge in [0, 0.05) is 18.7 Å². The molecule has 2 saturated carbocycles. The number of aliphatic hydroxyl groups excluding tert-OH is 1. The van der Waals surface area contributed by atoms with Crippen molar-refractivity contribution in [1.29, 1.82) is 0 Å². The van der Waals surface area contributed by atoms with Crippen LogP contribution in [0.25, 0.3) is 0 Å². The number of aliphatic hydroxyl groups is 1. The van der Waals surface area contributed by atoms with Crippen LogP contribution in [0.3, 0.4) is 0 Å². The van der Waals surface area contributed by atoms with Crippen LogP contribution in [0.4, 0.5) is 0 Å². The Morgan fingerprint density at radius 3 is 1.83 bits per heavy atom. The number of rotatable bonds is 4. The molecule has 0 unspecified atom stereocenters. The summed E-state index contributed by atoms with van der Waals surface area (Å²) in [6.45, 7) is 5.13. The molecule has 0 radical (unpaired) electrons. The van der Waals surface area contributed by atoms with Gasteiger partial charge in [0.25, 0.3) is 0 Å². The maximum Gasteiger partial charge on any atom is 0.0459 e. The first kappa shape index (κ1) is 14.3. The average molecular weight is 253 g/mol. The summed E-state index contributed by atoms with van der Waals surface area (Å²) < 4.78 is 0. The third kappa shape index (κ3) is 3.96. The monoisotopic (exact) mass is 253 g/mol. The molecular formula is C16H31NO. The molecule has 2 nitrogen and oxygen atoms in total. The quantitative estimate of drug-likeness (QED) is 0.805. The van der Waals surface area contributed by atoms with Crippen LogP contribution in [-0.4, -0.2) is 23.8 Å². The maximum absolute atomic E-state index is 9.16. The molecular weight excluding hydrogens is 222 g/mol. The van der Waals surface area contributed by atoms with Crippen LogP contribution in [0, 0.1) is 17.8 Å². The highest BCUT2D eigenvalue weighted by Crippen LogP contribution is 2.31. The molecule has 2 heteroatoms. The van der Waals surface area contributed by atoms with Gasteiger partial charge in [0.05, 0.1) is 0 Å². The van der Waals surface area contributed by atoms with E-state index in [2.05, 4.69) is 19.2 Å². The van der Waals surface area contributed by atoms with E-state index >= 15 is 0 Å². The molecule has 0 aromatic rings. The molecule has 0 aliphatic heterocycles. The van der Waals surface area contributed by atoms with E-state index in [1.165, 1.54) is 51.4 Å². The Morgan fingerprint density at radius 2 is 1.39 bits per heavy atom. The average Bonchev–Trinajstić information content (AvgIpc) is 2.40. The zero-order valence-electron chi connectivity index (χ0n) is 12.2. The lowest BCUT2D eigenvalue weighted by Gasteiger charge is -2.36. The summed E-state index contributed by atoms with van der Waals surface area (Å²) in [5.41, 5.74) is 0. The Morgan fingerprint density at radius 1 is 0.889 bits per heavy atom. The number of hydrogen-bond donors (Lipinski definition) is 2. The van der Waals surface area contributed by atoms with Crippen LogP contribution in [0.1, 0.15) is 65.2 Å². The van der Waals surface area contributed by atoms with Gasteiger partial charge in [-0.1, -0.05) is 13.8 Å². The van der Waals surface area contributed by atoms with Crippen LogP contribution >= 0.6 is 0 Å². The van der Waals surface area contributed by atoms with Crippen LogP contribution in [0.2, 0.25) is 0 Å². The van der Waals surface area contributed by atoms with E-state index in [0.717, 1.165) is 23.9 Å². The van der Waals surface area contributed by atoms with Gasteiger partial charge in [-0.15, -0.1) is 0 Å². The Labute approximate surface area is 113 Å². The van der Waals surface area contributed by atoms with Crippen LogP contribution in [0.15, 0.2) is 0 Å². The Hall–Kier alpha value is -0.0800. The fraction of sp³-hybridized carbons (Fsp3) is 1.00. The van der Waals surface area contributed by atoms with Crippen molar-refractivity contribution >= 4 is 0 Å². The first-order chi connectivity index (χ1) is 8.69. The summed E-state index contributed by atoms with van der Waals surface area (Å²) in [7, 11) is 0. The van der Waals surface area contributed by atoms with Crippen molar-refractivity contribution in [2.24, 2.45) is 17.8 Å². The molecule has 18 heavy (non-hydrogen) atoms. The van der Waals surface area contributed by atoms with Gasteiger partial charge < -0.3 is 10.4 Å². The predicted octanol–water partition coefficient (Wildman–Crippen LogP) is 3.34. The standard InChI is InChI=1S/C16H31NO/c1-12(2)14-5-9-16(10-6-14)17-15-7-3-13(11-18)4-8-15/h12-18H,3-11H2,1-2H3. The molecule has 0 spiro atoms. The maximum atomic E-state index is 9.16. The summed E-state index contributed by atoms with van der Waals surface area (Å²) >= 11 is 0. The van der Waals surface area contributed by atoms with Crippen molar-refractivity contribution in [2.45, 2.75) is 77.3 Å². The van der Waals surface area contributed by atoms with E-state index in [1.807, 2.05) is 0 Å². The normalized spacial score (nSPS) is 38.0. The van der Waals surface area contributed by atoms with Gasteiger partial charge in [-0.05, 0) is 69.1 Å². The Kier molecular flexibility index (Phi) is 5.50. The third-order valence-corrected chi connectivity index (χ3v) is 5.29. The van der Waals surface area contributed by atoms with Gasteiger partial charge in [0.1, 0.15) is 0 Å². The molecule has 0 amide bonds. The minimum Gasteiger partial charge on any atom is -0.396 e. The molecule has 0 heterocycles. The minimum absolute atomic E-state index is 0.395. The molecule has 2 rings (SSSR count). The van der Waals surface area contributed by atoms with Crippen molar-refractivity contribution in [1.82, 2.24) is 5.32 Å². The second-order valence-electron chi connectivity index (χ2n) is 6.92. The summed E-state index contributed by atoms with van der Waals surface area (Å²) in [6, 6.07) is 1.50. The first-order valence-electron chi connectivity index (χ1n) is 8.06. The topological polar surface area (TPSA) is 32.3 Å². The SMILES string of the molecule is CC(C)C1CCC(NC2CCC(CO)CC2)CC1. The van der Waals surface area contributed by atoms with Gasteiger partial charge in [0.2, 0.25) is 0 Å². The number of nitrogens with one attached hydrogen (secondary N) is 1. The van der Waals surface area contributed by atoms with E-state index in [-0.39, 0.29) is 0 Å². The van der Waals surface area contributed by atoms with E-state index in [0.29, 0.717) is 12.5 Å². The lowest BCUT2D eigenvalue weighted by molar-refractivity contribution is 0.162. The Bertz CT molecular complexity index is 225. The third-order valence-electron chi connectivity index (χ3n) is 5.29. The van der Waals surface area contributed by atoms with Gasteiger partial charge in [-0.3, -0.25) is 0 Å². The summed E-state index contributed by atoms with van der Waals surface area (Å²) in [5, 5.41) is 13.0. The lowest BCUT2D eigenvalue weighted by atomic mass is 9.79. The molecule has 0 saturated heterocycles. The second kappa shape index (κ2) is 6.91. The summed E-state index contributed by atoms with van der Waals surface area (Å²) in [6.07, 6.45) is 10.6.